The predicted molar refractivity (Wildman–Crippen MR) is 75.7 cm³/mol. The maximum Gasteiger partial charge on any atom is 0.153 e. The van der Waals surface area contributed by atoms with E-state index in [-0.39, 0.29) is 0 Å². The average molecular weight is 321 g/mol. The van der Waals surface area contributed by atoms with Gasteiger partial charge in [-0.05, 0) is 41.1 Å². The fourth-order valence-corrected chi connectivity index (χ4v) is 2.71. The van der Waals surface area contributed by atoms with Gasteiger partial charge in [-0.15, -0.1) is 5.10 Å². The summed E-state index contributed by atoms with van der Waals surface area (Å²) in [6.45, 7) is 2.05. The third kappa shape index (κ3) is 2.06. The molecule has 19 heavy (non-hydrogen) atoms. The number of hydrogen-bond donors (Lipinski definition) is 1. The third-order valence-corrected chi connectivity index (χ3v) is 3.68. The van der Waals surface area contributed by atoms with Crippen molar-refractivity contribution in [3.8, 4) is 0 Å². The Morgan fingerprint density at radius 3 is 2.84 bits per heavy atom. The van der Waals surface area contributed by atoms with Crippen LogP contribution in [-0.4, -0.2) is 15.0 Å². The number of aryl methyl sites for hydroxylation is 2. The van der Waals surface area contributed by atoms with Gasteiger partial charge in [0.1, 0.15) is 17.4 Å². The summed E-state index contributed by atoms with van der Waals surface area (Å²) in [5.74, 6) is 0.701. The lowest BCUT2D eigenvalue weighted by Crippen LogP contribution is -2.15. The van der Waals surface area contributed by atoms with Crippen LogP contribution in [0.2, 0.25) is 0 Å². The van der Waals surface area contributed by atoms with E-state index in [1.165, 1.54) is 5.56 Å². The van der Waals surface area contributed by atoms with Crippen LogP contribution in [0.15, 0.2) is 33.3 Å². The van der Waals surface area contributed by atoms with Crippen molar-refractivity contribution >= 4 is 26.9 Å². The summed E-state index contributed by atoms with van der Waals surface area (Å²) in [4.78, 5) is 0. The smallest absolute Gasteiger partial charge is 0.153 e. The van der Waals surface area contributed by atoms with Gasteiger partial charge in [0.2, 0.25) is 0 Å². The SMILES string of the molecule is Cc1ccc2oc(C(N)c3c(Br)nnn3C)cc2c1. The van der Waals surface area contributed by atoms with Crippen LogP contribution in [0.25, 0.3) is 11.0 Å². The van der Waals surface area contributed by atoms with E-state index in [9.17, 15) is 0 Å². The van der Waals surface area contributed by atoms with Gasteiger partial charge in [-0.3, -0.25) is 0 Å². The van der Waals surface area contributed by atoms with Crippen LogP contribution < -0.4 is 5.73 Å². The number of nitrogens with two attached hydrogens (primary N) is 1. The first-order valence-corrected chi connectivity index (χ1v) is 6.66. The number of hydrogen-bond acceptors (Lipinski definition) is 4. The Bertz CT molecular complexity index is 727. The molecule has 2 aromatic heterocycles. The molecule has 0 bridgehead atoms. The maximum atomic E-state index is 6.24. The van der Waals surface area contributed by atoms with E-state index < -0.39 is 6.04 Å². The number of fused-ring (bicyclic) bond motifs is 1. The Morgan fingerprint density at radius 1 is 1.37 bits per heavy atom. The van der Waals surface area contributed by atoms with Gasteiger partial charge in [-0.1, -0.05) is 16.8 Å². The molecule has 3 aromatic rings. The molecule has 2 heterocycles. The third-order valence-electron chi connectivity index (χ3n) is 3.12. The second-order valence-corrected chi connectivity index (χ2v) is 5.31. The summed E-state index contributed by atoms with van der Waals surface area (Å²) in [6.07, 6.45) is 0. The molecule has 6 heteroatoms. The van der Waals surface area contributed by atoms with Crippen LogP contribution in [0.3, 0.4) is 0 Å². The summed E-state index contributed by atoms with van der Waals surface area (Å²) in [5, 5.41) is 8.92. The fourth-order valence-electron chi connectivity index (χ4n) is 2.14. The molecule has 0 saturated carbocycles. The van der Waals surface area contributed by atoms with Gasteiger partial charge in [-0.2, -0.15) is 0 Å². The second-order valence-electron chi connectivity index (χ2n) is 4.56. The van der Waals surface area contributed by atoms with Gasteiger partial charge < -0.3 is 10.2 Å². The summed E-state index contributed by atoms with van der Waals surface area (Å²) < 4.78 is 8.09. The molecule has 0 spiro atoms. The van der Waals surface area contributed by atoms with Gasteiger partial charge in [0.25, 0.3) is 0 Å². The van der Waals surface area contributed by atoms with E-state index in [4.69, 9.17) is 10.2 Å². The van der Waals surface area contributed by atoms with Crippen molar-refractivity contribution in [3.05, 3.63) is 45.9 Å². The Morgan fingerprint density at radius 2 is 2.16 bits per heavy atom. The molecule has 0 amide bonds. The van der Waals surface area contributed by atoms with Gasteiger partial charge in [0.15, 0.2) is 4.60 Å². The van der Waals surface area contributed by atoms with Crippen molar-refractivity contribution in [1.82, 2.24) is 15.0 Å². The van der Waals surface area contributed by atoms with Gasteiger partial charge in [0, 0.05) is 12.4 Å². The first-order chi connectivity index (χ1) is 9.06. The first-order valence-electron chi connectivity index (χ1n) is 5.87. The van der Waals surface area contributed by atoms with E-state index >= 15 is 0 Å². The highest BCUT2D eigenvalue weighted by molar-refractivity contribution is 9.10. The van der Waals surface area contributed by atoms with Gasteiger partial charge in [0.05, 0.1) is 5.69 Å². The van der Waals surface area contributed by atoms with E-state index in [0.29, 0.717) is 10.4 Å². The highest BCUT2D eigenvalue weighted by Gasteiger charge is 2.21. The Hall–Kier alpha value is -1.66. The second kappa shape index (κ2) is 4.47. The molecule has 98 valence electrons. The quantitative estimate of drug-likeness (QED) is 0.788. The molecular weight excluding hydrogens is 308 g/mol. The highest BCUT2D eigenvalue weighted by Crippen LogP contribution is 2.29. The molecule has 3 rings (SSSR count). The zero-order valence-electron chi connectivity index (χ0n) is 10.6. The minimum absolute atomic E-state index is 0.401. The van der Waals surface area contributed by atoms with Crippen molar-refractivity contribution in [3.63, 3.8) is 0 Å². The maximum absolute atomic E-state index is 6.24. The largest absolute Gasteiger partial charge is 0.459 e. The zero-order chi connectivity index (χ0) is 13.6. The van der Waals surface area contributed by atoms with Crippen molar-refractivity contribution < 1.29 is 4.42 Å². The van der Waals surface area contributed by atoms with Crippen molar-refractivity contribution in [2.45, 2.75) is 13.0 Å². The number of benzene rings is 1. The lowest BCUT2D eigenvalue weighted by atomic mass is 10.1. The number of nitrogens with zero attached hydrogens (tertiary/aromatic N) is 3. The lowest BCUT2D eigenvalue weighted by Gasteiger charge is -2.08. The minimum atomic E-state index is -0.401. The van der Waals surface area contributed by atoms with Crippen molar-refractivity contribution in [2.24, 2.45) is 12.8 Å². The van der Waals surface area contributed by atoms with Gasteiger partial charge in [-0.25, -0.2) is 4.68 Å². The first kappa shape index (κ1) is 12.4. The van der Waals surface area contributed by atoms with Gasteiger partial charge >= 0.3 is 0 Å². The van der Waals surface area contributed by atoms with E-state index in [1.54, 1.807) is 11.7 Å². The minimum Gasteiger partial charge on any atom is -0.459 e. The Balaban J connectivity index is 2.09. The fraction of sp³-hybridized carbons (Fsp3) is 0.231. The molecule has 1 aromatic carbocycles. The Kier molecular flexibility index (Phi) is 2.91. The average Bonchev–Trinajstić information content (AvgIpc) is 2.92. The van der Waals surface area contributed by atoms with E-state index in [2.05, 4.69) is 32.3 Å². The standard InChI is InChI=1S/C13H13BrN4O/c1-7-3-4-9-8(5-7)6-10(19-9)11(15)12-13(14)16-17-18(12)2/h3-6,11H,15H2,1-2H3. The molecule has 0 fully saturated rings. The number of aromatic nitrogens is 3. The normalized spacial score (nSPS) is 13.1. The molecular formula is C13H13BrN4O. The topological polar surface area (TPSA) is 69.9 Å². The number of rotatable bonds is 2. The zero-order valence-corrected chi connectivity index (χ0v) is 12.2. The van der Waals surface area contributed by atoms with Crippen LogP contribution in [0.1, 0.15) is 23.1 Å². The van der Waals surface area contributed by atoms with Crippen molar-refractivity contribution in [1.29, 1.82) is 0 Å². The van der Waals surface area contributed by atoms with Crippen LogP contribution in [0.4, 0.5) is 0 Å². The molecule has 0 aliphatic rings. The van der Waals surface area contributed by atoms with E-state index in [1.807, 2.05) is 25.1 Å². The molecule has 0 aliphatic carbocycles. The molecule has 2 N–H and O–H groups in total. The van der Waals surface area contributed by atoms with Crippen LogP contribution in [0.5, 0.6) is 0 Å². The molecule has 1 atom stereocenters. The molecule has 0 radical (unpaired) electrons. The summed E-state index contributed by atoms with van der Waals surface area (Å²) >= 11 is 3.35. The number of halogens is 1. The van der Waals surface area contributed by atoms with Crippen LogP contribution in [-0.2, 0) is 7.05 Å². The summed E-state index contributed by atoms with van der Waals surface area (Å²) in [7, 11) is 1.81. The highest BCUT2D eigenvalue weighted by atomic mass is 79.9. The van der Waals surface area contributed by atoms with Crippen molar-refractivity contribution in [2.75, 3.05) is 0 Å². The molecule has 0 aliphatic heterocycles. The lowest BCUT2D eigenvalue weighted by molar-refractivity contribution is 0.508. The molecule has 5 nitrogen and oxygen atoms in total. The molecule has 0 saturated heterocycles. The van der Waals surface area contributed by atoms with Crippen LogP contribution >= 0.6 is 15.9 Å². The molecule has 1 unspecified atom stereocenters. The van der Waals surface area contributed by atoms with Crippen LogP contribution in [0, 0.1) is 6.92 Å². The monoisotopic (exact) mass is 320 g/mol. The summed E-state index contributed by atoms with van der Waals surface area (Å²) in [5.41, 5.74) is 9.05. The predicted octanol–water partition coefficient (Wildman–Crippen LogP) is 2.68. The number of furan rings is 1. The Labute approximate surface area is 118 Å². The summed E-state index contributed by atoms with van der Waals surface area (Å²) in [6, 6.07) is 7.61. The van der Waals surface area contributed by atoms with E-state index in [0.717, 1.165) is 16.7 Å².